The molecule has 2 aromatic heterocycles. The summed E-state index contributed by atoms with van der Waals surface area (Å²) in [5.74, 6) is 0.561. The topological polar surface area (TPSA) is 59.7 Å². The molecule has 0 saturated heterocycles. The van der Waals surface area contributed by atoms with Crippen LogP contribution in [0, 0.1) is 6.92 Å². The fourth-order valence-corrected chi connectivity index (χ4v) is 3.58. The number of aryl methyl sites for hydroxylation is 1. The molecule has 7 heteroatoms. The number of rotatable bonds is 3. The monoisotopic (exact) mass is 384 g/mol. The molecule has 0 bridgehead atoms. The zero-order valence-corrected chi connectivity index (χ0v) is 16.3. The van der Waals surface area contributed by atoms with E-state index < -0.39 is 5.60 Å². The number of fused-ring (bicyclic) bond motifs is 3. The molecule has 0 atom stereocenters. The molecule has 0 aliphatic carbocycles. The van der Waals surface area contributed by atoms with Crippen molar-refractivity contribution in [3.8, 4) is 5.75 Å². The summed E-state index contributed by atoms with van der Waals surface area (Å²) < 4.78 is 7.84. The third-order valence-electron chi connectivity index (χ3n) is 4.76. The van der Waals surface area contributed by atoms with Gasteiger partial charge in [0.25, 0.3) is 5.91 Å². The van der Waals surface area contributed by atoms with Crippen LogP contribution in [0.15, 0.2) is 36.5 Å². The van der Waals surface area contributed by atoms with Crippen molar-refractivity contribution in [2.75, 3.05) is 6.54 Å². The molecule has 0 fully saturated rings. The van der Waals surface area contributed by atoms with Crippen LogP contribution in [0.4, 0.5) is 0 Å². The van der Waals surface area contributed by atoms with E-state index in [-0.39, 0.29) is 5.91 Å². The molecule has 3 aromatic rings. The number of benzene rings is 1. The van der Waals surface area contributed by atoms with Gasteiger partial charge in [-0.25, -0.2) is 9.50 Å². The van der Waals surface area contributed by atoms with E-state index in [9.17, 15) is 4.79 Å². The Labute approximate surface area is 162 Å². The van der Waals surface area contributed by atoms with E-state index in [0.29, 0.717) is 23.9 Å². The Hall–Kier alpha value is -2.60. The highest BCUT2D eigenvalue weighted by atomic mass is 35.5. The van der Waals surface area contributed by atoms with Crippen molar-refractivity contribution < 1.29 is 9.53 Å². The summed E-state index contributed by atoms with van der Waals surface area (Å²) in [5, 5.41) is 5.15. The Bertz CT molecular complexity index is 1010. The predicted molar refractivity (Wildman–Crippen MR) is 103 cm³/mol. The first-order valence-corrected chi connectivity index (χ1v) is 9.28. The van der Waals surface area contributed by atoms with E-state index in [1.807, 2.05) is 28.6 Å². The molecule has 140 valence electrons. The maximum Gasteiger partial charge on any atom is 0.266 e. The normalized spacial score (nSPS) is 14.3. The Morgan fingerprint density at radius 2 is 2.00 bits per heavy atom. The number of halogens is 1. The van der Waals surface area contributed by atoms with Crippen molar-refractivity contribution in [2.45, 2.75) is 39.3 Å². The minimum Gasteiger partial charge on any atom is -0.478 e. The second-order valence-corrected chi connectivity index (χ2v) is 7.77. The molecule has 6 nitrogen and oxygen atoms in total. The van der Waals surface area contributed by atoms with Crippen LogP contribution in [-0.4, -0.2) is 37.6 Å². The second kappa shape index (κ2) is 6.53. The van der Waals surface area contributed by atoms with Crippen LogP contribution in [0.2, 0.25) is 5.02 Å². The van der Waals surface area contributed by atoms with Crippen LogP contribution in [-0.2, 0) is 17.8 Å². The number of carbonyl (C=O) groups excluding carboxylic acids is 1. The summed E-state index contributed by atoms with van der Waals surface area (Å²) in [7, 11) is 0. The summed E-state index contributed by atoms with van der Waals surface area (Å²) >= 11 is 5.91. The first-order chi connectivity index (χ1) is 12.8. The molecular formula is C20H21ClN4O2. The van der Waals surface area contributed by atoms with Crippen molar-refractivity contribution in [3.05, 3.63) is 58.5 Å². The Morgan fingerprint density at radius 1 is 1.26 bits per heavy atom. The summed E-state index contributed by atoms with van der Waals surface area (Å²) in [6.45, 7) is 6.66. The van der Waals surface area contributed by atoms with Gasteiger partial charge in [0.05, 0.1) is 11.4 Å². The van der Waals surface area contributed by atoms with Crippen LogP contribution < -0.4 is 4.74 Å². The van der Waals surface area contributed by atoms with Gasteiger partial charge in [0.15, 0.2) is 11.2 Å². The fraction of sp³-hybridized carbons (Fsp3) is 0.350. The summed E-state index contributed by atoms with van der Waals surface area (Å²) in [6.07, 6.45) is 2.58. The van der Waals surface area contributed by atoms with E-state index >= 15 is 0 Å². The lowest BCUT2D eigenvalue weighted by molar-refractivity contribution is -0.146. The van der Waals surface area contributed by atoms with Crippen LogP contribution in [0.25, 0.3) is 5.65 Å². The third-order valence-corrected chi connectivity index (χ3v) is 5.01. The van der Waals surface area contributed by atoms with Gasteiger partial charge in [0.1, 0.15) is 5.75 Å². The van der Waals surface area contributed by atoms with E-state index in [1.54, 1.807) is 38.1 Å². The van der Waals surface area contributed by atoms with Crippen LogP contribution >= 0.6 is 11.6 Å². The standard InChI is InChI=1S/C20H21ClN4O2/c1-13-10-18-22-11-14-12-24(9-8-17(14)25(18)23-13)19(26)20(2,3)27-16-6-4-15(21)5-7-16/h4-7,10-11H,8-9,12H2,1-3H3. The number of nitrogens with zero attached hydrogens (tertiary/aromatic N) is 4. The van der Waals surface area contributed by atoms with Gasteiger partial charge in [-0.2, -0.15) is 5.10 Å². The number of hydrogen-bond donors (Lipinski definition) is 0. The van der Waals surface area contributed by atoms with Gasteiger partial charge < -0.3 is 9.64 Å². The SMILES string of the molecule is Cc1cc2ncc3c(n2n1)CCN(C(=O)C(C)(C)Oc1ccc(Cl)cc1)C3. The minimum atomic E-state index is -0.981. The van der Waals surface area contributed by atoms with Crippen LogP contribution in [0.5, 0.6) is 5.75 Å². The molecule has 0 unspecified atom stereocenters. The van der Waals surface area contributed by atoms with Crippen molar-refractivity contribution in [3.63, 3.8) is 0 Å². The quantitative estimate of drug-likeness (QED) is 0.694. The molecular weight excluding hydrogens is 364 g/mol. The smallest absolute Gasteiger partial charge is 0.266 e. The highest BCUT2D eigenvalue weighted by Crippen LogP contribution is 2.26. The number of ether oxygens (including phenoxy) is 1. The van der Waals surface area contributed by atoms with Gasteiger partial charge in [-0.15, -0.1) is 0 Å². The molecule has 4 rings (SSSR count). The zero-order valence-electron chi connectivity index (χ0n) is 15.6. The lowest BCUT2D eigenvalue weighted by atomic mass is 10.0. The second-order valence-electron chi connectivity index (χ2n) is 7.33. The molecule has 0 N–H and O–H groups in total. The molecule has 1 aliphatic rings. The number of amides is 1. The first kappa shape index (κ1) is 17.8. The fourth-order valence-electron chi connectivity index (χ4n) is 3.45. The molecule has 3 heterocycles. The van der Waals surface area contributed by atoms with Crippen molar-refractivity contribution in [2.24, 2.45) is 0 Å². The predicted octanol–water partition coefficient (Wildman–Crippen LogP) is 3.43. The first-order valence-electron chi connectivity index (χ1n) is 8.90. The number of aromatic nitrogens is 3. The van der Waals surface area contributed by atoms with Crippen LogP contribution in [0.3, 0.4) is 0 Å². The van der Waals surface area contributed by atoms with Gasteiger partial charge in [-0.3, -0.25) is 4.79 Å². The average molecular weight is 385 g/mol. The molecule has 0 spiro atoms. The van der Waals surface area contributed by atoms with Crippen molar-refractivity contribution in [1.29, 1.82) is 0 Å². The molecule has 27 heavy (non-hydrogen) atoms. The lowest BCUT2D eigenvalue weighted by Gasteiger charge is -2.35. The van der Waals surface area contributed by atoms with E-state index in [2.05, 4.69) is 10.1 Å². The van der Waals surface area contributed by atoms with E-state index in [4.69, 9.17) is 16.3 Å². The Kier molecular flexibility index (Phi) is 4.30. The Balaban J connectivity index is 1.54. The maximum absolute atomic E-state index is 13.1. The number of hydrogen-bond acceptors (Lipinski definition) is 4. The Morgan fingerprint density at radius 3 is 2.74 bits per heavy atom. The highest BCUT2D eigenvalue weighted by Gasteiger charge is 2.36. The minimum absolute atomic E-state index is 0.0557. The molecule has 1 aromatic carbocycles. The molecule has 0 saturated carbocycles. The largest absolute Gasteiger partial charge is 0.478 e. The maximum atomic E-state index is 13.1. The molecule has 1 amide bonds. The highest BCUT2D eigenvalue weighted by molar-refractivity contribution is 6.30. The average Bonchev–Trinajstić information content (AvgIpc) is 3.03. The van der Waals surface area contributed by atoms with Gasteiger partial charge >= 0.3 is 0 Å². The van der Waals surface area contributed by atoms with E-state index in [1.165, 1.54) is 0 Å². The molecule has 1 aliphatic heterocycles. The van der Waals surface area contributed by atoms with Crippen molar-refractivity contribution in [1.82, 2.24) is 19.5 Å². The van der Waals surface area contributed by atoms with Gasteiger partial charge in [-0.1, -0.05) is 11.6 Å². The van der Waals surface area contributed by atoms with Gasteiger partial charge in [0.2, 0.25) is 0 Å². The van der Waals surface area contributed by atoms with Crippen LogP contribution in [0.1, 0.15) is 30.8 Å². The van der Waals surface area contributed by atoms with Gasteiger partial charge in [0, 0.05) is 42.4 Å². The van der Waals surface area contributed by atoms with Crippen molar-refractivity contribution >= 4 is 23.2 Å². The summed E-state index contributed by atoms with van der Waals surface area (Å²) in [5.41, 5.74) is 2.94. The summed E-state index contributed by atoms with van der Waals surface area (Å²) in [6, 6.07) is 8.99. The summed E-state index contributed by atoms with van der Waals surface area (Å²) in [4.78, 5) is 19.4. The zero-order chi connectivity index (χ0) is 19.2. The van der Waals surface area contributed by atoms with E-state index in [0.717, 1.165) is 29.0 Å². The lowest BCUT2D eigenvalue weighted by Crippen LogP contribution is -2.50. The number of carbonyl (C=O) groups is 1. The van der Waals surface area contributed by atoms with Gasteiger partial charge in [-0.05, 0) is 45.0 Å². The molecule has 0 radical (unpaired) electrons. The third kappa shape index (κ3) is 3.37.